The van der Waals surface area contributed by atoms with Crippen molar-refractivity contribution in [1.82, 2.24) is 44.7 Å². The molecule has 0 spiro atoms. The summed E-state index contributed by atoms with van der Waals surface area (Å²) >= 11 is 9.31. The van der Waals surface area contributed by atoms with Crippen molar-refractivity contribution in [3.63, 3.8) is 0 Å². The SMILES string of the molecule is CN1C=CN(C)[CH-]1.Clc1[c-]c(-c2cccc(-c3[c-]cccc3)n2)ccc1.Fc1[c-]c(-c2cccc(-c3[c-]cccc3)n2)ccc1.Fc1[c-]c(-c2cccc(-c3[c-]cccc3)n2)ccc1.[C-]#[N+]c1c(C)cccc1C.[Cl][Ni].[Ni+3].[Ni+3].[Ni+3].[Ni+3].[c-]1ccccc1-c1cccc(-c2[c-]cccc2)n1.[c-]1ccccc1-c1cccc(-c2[c-]cccc2)n1.c1ccc2c(c1)[n-]c1ccccc12.c1ccc2c(c1)[n-]c1ccccc12. The van der Waals surface area contributed by atoms with Crippen LogP contribution in [0.2, 0.25) is 5.02 Å². The Morgan fingerprint density at radius 3 is 0.683 bits per heavy atom. The summed E-state index contributed by atoms with van der Waals surface area (Å²) in [4.78, 5) is 39.4. The molecule has 0 fully saturated rings. The fourth-order valence-corrected chi connectivity index (χ4v) is 14.5. The molecule has 0 saturated heterocycles. The maximum Gasteiger partial charge on any atom is 3.00 e. The van der Waals surface area contributed by atoms with Gasteiger partial charge in [0.2, 0.25) is 0 Å². The average Bonchev–Trinajstić information content (AvgIpc) is 1.62. The second kappa shape index (κ2) is 57.8. The van der Waals surface area contributed by atoms with Gasteiger partial charge in [0.05, 0.1) is 6.57 Å². The Morgan fingerprint density at radius 1 is 0.275 bits per heavy atom. The van der Waals surface area contributed by atoms with E-state index < -0.39 is 0 Å². The van der Waals surface area contributed by atoms with E-state index in [9.17, 15) is 8.78 Å². The zero-order valence-corrected chi connectivity index (χ0v) is 83.2. The van der Waals surface area contributed by atoms with Gasteiger partial charge in [0.1, 0.15) is 0 Å². The van der Waals surface area contributed by atoms with Gasteiger partial charge < -0.3 is 44.7 Å². The van der Waals surface area contributed by atoms with Crippen molar-refractivity contribution >= 4 is 71.1 Å². The number of nitrogens with zero attached hydrogens (tertiary/aromatic N) is 10. The fraction of sp³-hybridized carbons (Fsp3) is 0.0325. The van der Waals surface area contributed by atoms with Crippen molar-refractivity contribution in [2.75, 3.05) is 14.1 Å². The van der Waals surface area contributed by atoms with Gasteiger partial charge in [0.15, 0.2) is 5.69 Å². The molecule has 0 saturated carbocycles. The van der Waals surface area contributed by atoms with Crippen molar-refractivity contribution in [3.8, 4) is 113 Å². The zero-order valence-electron chi connectivity index (χ0n) is 76.8. The van der Waals surface area contributed by atoms with E-state index in [1.165, 1.54) is 33.7 Å². The van der Waals surface area contributed by atoms with Crippen LogP contribution in [0.25, 0.3) is 161 Å². The first-order valence-corrected chi connectivity index (χ1v) is 45.6. The number of aryl methyl sites for hydroxylation is 2. The van der Waals surface area contributed by atoms with Gasteiger partial charge in [-0.3, -0.25) is 0 Å². The van der Waals surface area contributed by atoms with E-state index in [0.717, 1.165) is 129 Å². The largest absolute Gasteiger partial charge is 3.00 e. The summed E-state index contributed by atoms with van der Waals surface area (Å²) in [7, 11) is 8.26. The van der Waals surface area contributed by atoms with Crippen molar-refractivity contribution in [3.05, 3.63) is 550 Å². The predicted octanol–water partition coefficient (Wildman–Crippen LogP) is 30.9. The first kappa shape index (κ1) is 109. The maximum atomic E-state index is 13.2. The van der Waals surface area contributed by atoms with Crippen LogP contribution in [0.15, 0.2) is 443 Å². The molecule has 0 N–H and O–H groups in total. The molecular weight excluding hydrogens is 2020 g/mol. The van der Waals surface area contributed by atoms with E-state index in [1.807, 2.05) is 372 Å². The number of hydrogen-bond donors (Lipinski definition) is 0. The first-order chi connectivity index (χ1) is 67.8. The van der Waals surface area contributed by atoms with E-state index in [1.54, 1.807) is 30.3 Å². The van der Waals surface area contributed by atoms with E-state index >= 15 is 0 Å². The summed E-state index contributed by atoms with van der Waals surface area (Å²) in [5, 5.41) is 5.59. The Labute approximate surface area is 887 Å². The molecule has 0 aliphatic carbocycles. The number of hydrogen-bond acceptors (Lipinski definition) is 7. The summed E-state index contributed by atoms with van der Waals surface area (Å²) in [6.07, 6.45) is 4.00. The van der Waals surface area contributed by atoms with Gasteiger partial charge in [-0.15, -0.1) is 374 Å². The van der Waals surface area contributed by atoms with Crippen LogP contribution in [0.4, 0.5) is 14.5 Å². The number of fused-ring (bicyclic) bond motifs is 6. The molecule has 0 atom stereocenters. The third-order valence-electron chi connectivity index (χ3n) is 20.9. The summed E-state index contributed by atoms with van der Waals surface area (Å²) in [5.74, 6) is -0.757. The second-order valence-electron chi connectivity index (χ2n) is 30.6. The summed E-state index contributed by atoms with van der Waals surface area (Å²) in [5.41, 5.74) is 24.8. The molecule has 15 aromatic carbocycles. The average molecular weight is 2110 g/mol. The van der Waals surface area contributed by atoms with Gasteiger partial charge in [-0.1, -0.05) is 206 Å². The zero-order chi connectivity index (χ0) is 95.8. The molecule has 0 bridgehead atoms. The van der Waals surface area contributed by atoms with Gasteiger partial charge in [0.25, 0.3) is 0 Å². The molecule has 10 nitrogen and oxygen atoms in total. The van der Waals surface area contributed by atoms with Gasteiger partial charge in [-0.25, -0.2) is 13.6 Å². The van der Waals surface area contributed by atoms with Crippen molar-refractivity contribution in [1.29, 1.82) is 0 Å². The Hall–Kier alpha value is -14.6. The third-order valence-corrected chi connectivity index (χ3v) is 21.1. The number of rotatable bonds is 10. The van der Waals surface area contributed by atoms with Gasteiger partial charge >= 0.3 is 90.7 Å². The van der Waals surface area contributed by atoms with Crippen LogP contribution in [-0.4, -0.2) is 48.8 Å². The van der Waals surface area contributed by atoms with Crippen LogP contribution >= 0.6 is 21.8 Å². The molecule has 22 aromatic rings. The maximum absolute atomic E-state index is 13.2. The van der Waals surface area contributed by atoms with E-state index in [4.69, 9.17) is 18.2 Å². The molecule has 23 rings (SSSR count). The molecule has 19 heteroatoms. The van der Waals surface area contributed by atoms with E-state index in [0.29, 0.717) is 27.5 Å². The summed E-state index contributed by atoms with van der Waals surface area (Å²) in [6.45, 7) is 12.8. The fourth-order valence-electron chi connectivity index (χ4n) is 14.3. The van der Waals surface area contributed by atoms with Crippen LogP contribution in [0.5, 0.6) is 0 Å². The standard InChI is InChI=1S/C17H10ClN.2C17H10FN.2C17H11N.2C12H8N.C9H9N.C5H9N2.ClH.5Ni/c3*18-15-9-4-8-14(12-15)17-11-5-10-16(19-17)13-6-2-1-3-7-13;2*1-3-8-14(9-4-1)16-12-7-13-17(18-16)15-10-5-2-6-11-15;2*1-3-7-11-9(5-1)10-6-2-4-8-12(10)13-11;1-7-5-4-6-8(2)9(7)10-3;1-6-3-4-7(2)5-6;;;;;;/h3*1-6,8-11H;2*1-8,10,12-13H;2*1-8H;4-6H,1-2H3;3-5H,1-2H3;1H;;;;;/q5*-2;2*-1;;-1;;+1;4*+3/p-1. The molecule has 7 aromatic heterocycles. The summed E-state index contributed by atoms with van der Waals surface area (Å²) in [6, 6.07) is 169. The van der Waals surface area contributed by atoms with Crippen molar-refractivity contribution in [2.24, 2.45) is 0 Å². The van der Waals surface area contributed by atoms with Gasteiger partial charge in [0, 0.05) is 11.6 Å². The van der Waals surface area contributed by atoms with Crippen molar-refractivity contribution < 1.29 is 89.3 Å². The van der Waals surface area contributed by atoms with E-state index in [2.05, 4.69) is 198 Å². The quantitative estimate of drug-likeness (QED) is 0.0978. The minimum absolute atomic E-state index is 0. The predicted molar refractivity (Wildman–Crippen MR) is 555 cm³/mol. The molecule has 4 radical (unpaired) electrons. The number of halogens is 4. The van der Waals surface area contributed by atoms with Crippen LogP contribution < -0.4 is 9.97 Å². The van der Waals surface area contributed by atoms with Gasteiger partial charge in [-0.2, -0.15) is 6.67 Å². The molecule has 707 valence electrons. The van der Waals surface area contributed by atoms with Crippen LogP contribution in [0.1, 0.15) is 11.1 Å². The summed E-state index contributed by atoms with van der Waals surface area (Å²) < 4.78 is 26.4. The Morgan fingerprint density at radius 2 is 0.479 bits per heavy atom. The minimum Gasteiger partial charge on any atom is -0.657 e. The topological polar surface area (TPSA) is 103 Å². The molecule has 0 unspecified atom stereocenters. The Kier molecular flexibility index (Phi) is 44.5. The van der Waals surface area contributed by atoms with Crippen LogP contribution in [-0.2, 0) is 80.5 Å². The molecular formula is C123H86Cl2F2N10Ni5-. The molecule has 0 amide bonds. The second-order valence-corrected chi connectivity index (χ2v) is 31.0. The molecule has 142 heavy (non-hydrogen) atoms. The van der Waals surface area contributed by atoms with Crippen molar-refractivity contribution in [2.45, 2.75) is 13.8 Å². The third kappa shape index (κ3) is 32.0. The molecule has 1 aliphatic heterocycles. The molecule has 8 heterocycles. The first-order valence-electron chi connectivity index (χ1n) is 43.8. The van der Waals surface area contributed by atoms with Crippen LogP contribution in [0.3, 0.4) is 0 Å². The monoisotopic (exact) mass is 2100 g/mol. The van der Waals surface area contributed by atoms with Crippen LogP contribution in [0, 0.1) is 99.4 Å². The van der Waals surface area contributed by atoms with E-state index in [-0.39, 0.29) is 77.6 Å². The number of benzene rings is 15. The normalized spacial score (nSPS) is 10.4. The Balaban J connectivity index is 0.000000165. The number of para-hydroxylation sites is 5. The number of pyridine rings is 5. The number of aromatic nitrogens is 7. The minimum atomic E-state index is -0.379. The van der Waals surface area contributed by atoms with Gasteiger partial charge in [-0.05, 0) is 135 Å². The molecule has 1 aliphatic rings. The smallest absolute Gasteiger partial charge is 0.657 e. The Bertz CT molecular complexity index is 6910.